The summed E-state index contributed by atoms with van der Waals surface area (Å²) < 4.78 is 33.0. The molecule has 3 rings (SSSR count). The molecule has 8 nitrogen and oxygen atoms in total. The summed E-state index contributed by atoms with van der Waals surface area (Å²) in [5.41, 5.74) is 1.80. The Morgan fingerprint density at radius 1 is 0.943 bits per heavy atom. The quantitative estimate of drug-likeness (QED) is 0.396. The number of rotatable bonds is 11. The molecule has 184 valence electrons. The van der Waals surface area contributed by atoms with Crippen molar-refractivity contribution in [3.8, 4) is 0 Å². The van der Waals surface area contributed by atoms with Crippen LogP contribution in [0.1, 0.15) is 22.3 Å². The minimum absolute atomic E-state index is 0.0742. The van der Waals surface area contributed by atoms with Crippen LogP contribution in [0.2, 0.25) is 0 Å². The van der Waals surface area contributed by atoms with E-state index in [1.807, 2.05) is 13.0 Å². The Labute approximate surface area is 206 Å². The normalized spacial score (nSPS) is 11.0. The standard InChI is InChI=1S/C26H29N3O5S/c1-20-10-8-11-21(18-20)29(35(32,33)22-12-4-3-5-13-22)19-25(30)28-24-15-7-6-14-23(24)26(31)27-16-9-17-34-2/h3-8,10-15,18H,9,16-17,19H2,1-2H3,(H,27,31)(H,28,30). The summed E-state index contributed by atoms with van der Waals surface area (Å²) in [5.74, 6) is -0.921. The van der Waals surface area contributed by atoms with Crippen molar-refractivity contribution in [3.05, 3.63) is 90.0 Å². The van der Waals surface area contributed by atoms with E-state index in [1.54, 1.807) is 67.8 Å². The summed E-state index contributed by atoms with van der Waals surface area (Å²) in [5, 5.41) is 5.49. The number of hydrogen-bond donors (Lipinski definition) is 2. The highest BCUT2D eigenvalue weighted by atomic mass is 32.2. The number of methoxy groups -OCH3 is 1. The molecule has 0 saturated carbocycles. The van der Waals surface area contributed by atoms with Gasteiger partial charge < -0.3 is 15.4 Å². The predicted molar refractivity (Wildman–Crippen MR) is 136 cm³/mol. The van der Waals surface area contributed by atoms with Crippen LogP contribution in [0.5, 0.6) is 0 Å². The first-order chi connectivity index (χ1) is 16.8. The Morgan fingerprint density at radius 2 is 1.66 bits per heavy atom. The lowest BCUT2D eigenvalue weighted by molar-refractivity contribution is -0.114. The fourth-order valence-electron chi connectivity index (χ4n) is 3.44. The second-order valence-corrected chi connectivity index (χ2v) is 9.72. The maximum Gasteiger partial charge on any atom is 0.264 e. The van der Waals surface area contributed by atoms with Gasteiger partial charge in [0.05, 0.1) is 21.8 Å². The Balaban J connectivity index is 1.84. The summed E-state index contributed by atoms with van der Waals surface area (Å²) in [6, 6.07) is 21.5. The van der Waals surface area contributed by atoms with Gasteiger partial charge in [-0.3, -0.25) is 13.9 Å². The molecule has 0 unspecified atom stereocenters. The Kier molecular flexibility index (Phi) is 8.99. The van der Waals surface area contributed by atoms with Crippen molar-refractivity contribution in [1.82, 2.24) is 5.32 Å². The van der Waals surface area contributed by atoms with Crippen LogP contribution in [0.25, 0.3) is 0 Å². The molecule has 2 N–H and O–H groups in total. The number of nitrogens with one attached hydrogen (secondary N) is 2. The molecule has 0 heterocycles. The zero-order chi connectivity index (χ0) is 25.3. The molecule has 0 spiro atoms. The average Bonchev–Trinajstić information content (AvgIpc) is 2.86. The summed E-state index contributed by atoms with van der Waals surface area (Å²) in [6.45, 7) is 2.32. The van der Waals surface area contributed by atoms with Crippen molar-refractivity contribution < 1.29 is 22.7 Å². The van der Waals surface area contributed by atoms with Gasteiger partial charge in [0.25, 0.3) is 15.9 Å². The van der Waals surface area contributed by atoms with E-state index in [0.29, 0.717) is 30.9 Å². The molecule has 3 aromatic rings. The van der Waals surface area contributed by atoms with E-state index in [2.05, 4.69) is 10.6 Å². The number of carbonyl (C=O) groups is 2. The average molecular weight is 496 g/mol. The maximum atomic E-state index is 13.5. The molecule has 0 aliphatic heterocycles. The van der Waals surface area contributed by atoms with Gasteiger partial charge in [-0.05, 0) is 55.3 Å². The van der Waals surface area contributed by atoms with Crippen LogP contribution in [0.15, 0.2) is 83.8 Å². The van der Waals surface area contributed by atoms with Gasteiger partial charge in [0.2, 0.25) is 5.91 Å². The van der Waals surface area contributed by atoms with Gasteiger partial charge in [0, 0.05) is 20.3 Å². The summed E-state index contributed by atoms with van der Waals surface area (Å²) in [6.07, 6.45) is 0.652. The minimum Gasteiger partial charge on any atom is -0.385 e. The number of aryl methyl sites for hydroxylation is 1. The van der Waals surface area contributed by atoms with E-state index in [-0.39, 0.29) is 16.4 Å². The largest absolute Gasteiger partial charge is 0.385 e. The molecule has 0 aliphatic rings. The van der Waals surface area contributed by atoms with E-state index in [4.69, 9.17) is 4.74 Å². The van der Waals surface area contributed by atoms with Gasteiger partial charge >= 0.3 is 0 Å². The van der Waals surface area contributed by atoms with Crippen molar-refractivity contribution >= 4 is 33.2 Å². The Morgan fingerprint density at radius 3 is 2.37 bits per heavy atom. The molecule has 0 aliphatic carbocycles. The van der Waals surface area contributed by atoms with E-state index < -0.39 is 22.5 Å². The van der Waals surface area contributed by atoms with Crippen LogP contribution in [0.3, 0.4) is 0 Å². The molecular formula is C26H29N3O5S. The van der Waals surface area contributed by atoms with E-state index in [0.717, 1.165) is 9.87 Å². The van der Waals surface area contributed by atoms with Crippen LogP contribution in [0, 0.1) is 6.92 Å². The molecule has 0 radical (unpaired) electrons. The molecule has 0 saturated heterocycles. The lowest BCUT2D eigenvalue weighted by Crippen LogP contribution is -2.38. The molecule has 3 aromatic carbocycles. The third-order valence-electron chi connectivity index (χ3n) is 5.16. The molecule has 0 atom stereocenters. The zero-order valence-corrected chi connectivity index (χ0v) is 20.5. The molecule has 0 bridgehead atoms. The fraction of sp³-hybridized carbons (Fsp3) is 0.231. The number of hydrogen-bond acceptors (Lipinski definition) is 5. The Hall–Kier alpha value is -3.69. The highest BCUT2D eigenvalue weighted by Gasteiger charge is 2.27. The highest BCUT2D eigenvalue weighted by molar-refractivity contribution is 7.92. The van der Waals surface area contributed by atoms with Gasteiger partial charge in [-0.25, -0.2) is 8.42 Å². The van der Waals surface area contributed by atoms with Gasteiger partial charge in [0.15, 0.2) is 0 Å². The van der Waals surface area contributed by atoms with Crippen molar-refractivity contribution in [2.75, 3.05) is 36.4 Å². The summed E-state index contributed by atoms with van der Waals surface area (Å²) in [7, 11) is -2.43. The smallest absolute Gasteiger partial charge is 0.264 e. The number of nitrogens with zero attached hydrogens (tertiary/aromatic N) is 1. The van der Waals surface area contributed by atoms with E-state index in [9.17, 15) is 18.0 Å². The van der Waals surface area contributed by atoms with Crippen LogP contribution in [-0.2, 0) is 19.6 Å². The van der Waals surface area contributed by atoms with Crippen LogP contribution < -0.4 is 14.9 Å². The number of amides is 2. The number of sulfonamides is 1. The first-order valence-corrected chi connectivity index (χ1v) is 12.6. The van der Waals surface area contributed by atoms with Gasteiger partial charge in [-0.1, -0.05) is 42.5 Å². The van der Waals surface area contributed by atoms with Crippen LogP contribution in [-0.4, -0.2) is 47.0 Å². The van der Waals surface area contributed by atoms with Gasteiger partial charge in [-0.15, -0.1) is 0 Å². The van der Waals surface area contributed by atoms with Gasteiger partial charge in [-0.2, -0.15) is 0 Å². The van der Waals surface area contributed by atoms with E-state index >= 15 is 0 Å². The monoisotopic (exact) mass is 495 g/mol. The molecule has 35 heavy (non-hydrogen) atoms. The maximum absolute atomic E-state index is 13.5. The van der Waals surface area contributed by atoms with Crippen molar-refractivity contribution in [3.63, 3.8) is 0 Å². The topological polar surface area (TPSA) is 105 Å². The Bertz CT molecular complexity index is 1260. The third-order valence-corrected chi connectivity index (χ3v) is 6.95. The number of ether oxygens (including phenoxy) is 1. The molecule has 0 fully saturated rings. The third kappa shape index (κ3) is 6.91. The summed E-state index contributed by atoms with van der Waals surface area (Å²) in [4.78, 5) is 25.8. The van der Waals surface area contributed by atoms with Crippen molar-refractivity contribution in [1.29, 1.82) is 0 Å². The molecular weight excluding hydrogens is 466 g/mol. The van der Waals surface area contributed by atoms with Crippen LogP contribution in [0.4, 0.5) is 11.4 Å². The zero-order valence-electron chi connectivity index (χ0n) is 19.7. The van der Waals surface area contributed by atoms with E-state index in [1.165, 1.54) is 12.1 Å². The predicted octanol–water partition coefficient (Wildman–Crippen LogP) is 3.60. The molecule has 2 amide bonds. The second-order valence-electron chi connectivity index (χ2n) is 7.86. The number of anilines is 2. The number of benzene rings is 3. The molecule has 0 aromatic heterocycles. The van der Waals surface area contributed by atoms with Gasteiger partial charge in [0.1, 0.15) is 6.54 Å². The SMILES string of the molecule is COCCCNC(=O)c1ccccc1NC(=O)CN(c1cccc(C)c1)S(=O)(=O)c1ccccc1. The minimum atomic E-state index is -4.02. The fourth-order valence-corrected chi connectivity index (χ4v) is 4.88. The number of para-hydroxylation sites is 1. The number of carbonyl (C=O) groups excluding carboxylic acids is 2. The lowest BCUT2D eigenvalue weighted by atomic mass is 10.1. The van der Waals surface area contributed by atoms with Crippen LogP contribution >= 0.6 is 0 Å². The summed E-state index contributed by atoms with van der Waals surface area (Å²) >= 11 is 0. The first kappa shape index (κ1) is 25.9. The second kappa shape index (κ2) is 12.1. The van der Waals surface area contributed by atoms with Crippen molar-refractivity contribution in [2.45, 2.75) is 18.2 Å². The first-order valence-electron chi connectivity index (χ1n) is 11.1. The van der Waals surface area contributed by atoms with Crippen molar-refractivity contribution in [2.24, 2.45) is 0 Å². The molecule has 9 heteroatoms. The lowest BCUT2D eigenvalue weighted by Gasteiger charge is -2.24. The highest BCUT2D eigenvalue weighted by Crippen LogP contribution is 2.25.